The number of ketones is 1. The third kappa shape index (κ3) is 3.79. The van der Waals surface area contributed by atoms with Crippen molar-refractivity contribution in [3.63, 3.8) is 0 Å². The molecule has 0 atom stereocenters. The smallest absolute Gasteiger partial charge is 0.283 e. The van der Waals surface area contributed by atoms with E-state index in [0.717, 1.165) is 0 Å². The second kappa shape index (κ2) is 6.85. The Morgan fingerprint density at radius 3 is 2.52 bits per heavy atom. The van der Waals surface area contributed by atoms with Gasteiger partial charge in [0.15, 0.2) is 5.78 Å². The van der Waals surface area contributed by atoms with Crippen molar-refractivity contribution in [3.05, 3.63) is 75.8 Å². The molecule has 2 aromatic carbocycles. The second-order valence-electron chi connectivity index (χ2n) is 4.25. The monoisotopic (exact) mass is 299 g/mol. The van der Waals surface area contributed by atoms with E-state index in [2.05, 4.69) is 0 Å². The first-order chi connectivity index (χ1) is 10.1. The number of carbonyl (C=O) groups is 1. The quantitative estimate of drug-likeness (QED) is 0.273. The predicted molar refractivity (Wildman–Crippen MR) is 84.7 cm³/mol. The molecule has 2 rings (SSSR count). The largest absolute Gasteiger partial charge is 0.289 e. The summed E-state index contributed by atoms with van der Waals surface area (Å²) in [4.78, 5) is 23.1. The number of thioether (sulfide) groups is 1. The maximum atomic E-state index is 11.9. The first kappa shape index (κ1) is 15.0. The van der Waals surface area contributed by atoms with Gasteiger partial charge in [0.1, 0.15) is 0 Å². The average Bonchev–Trinajstić information content (AvgIpc) is 2.53. The van der Waals surface area contributed by atoms with Crippen LogP contribution in [-0.2, 0) is 0 Å². The van der Waals surface area contributed by atoms with Gasteiger partial charge in [-0.25, -0.2) is 0 Å². The molecular weight excluding hydrogens is 286 g/mol. The van der Waals surface area contributed by atoms with Crippen LogP contribution >= 0.6 is 11.8 Å². The number of rotatable bonds is 5. The number of benzene rings is 2. The zero-order valence-corrected chi connectivity index (χ0v) is 12.2. The fourth-order valence-corrected chi connectivity index (χ4v) is 2.37. The van der Waals surface area contributed by atoms with E-state index in [1.807, 2.05) is 6.07 Å². The van der Waals surface area contributed by atoms with Crippen LogP contribution < -0.4 is 0 Å². The van der Waals surface area contributed by atoms with Crippen LogP contribution in [0.5, 0.6) is 0 Å². The van der Waals surface area contributed by atoms with E-state index < -0.39 is 4.92 Å². The maximum Gasteiger partial charge on any atom is 0.283 e. The molecule has 0 unspecified atom stereocenters. The minimum Gasteiger partial charge on any atom is -0.289 e. The molecule has 0 fully saturated rings. The van der Waals surface area contributed by atoms with E-state index in [4.69, 9.17) is 0 Å². The number of nitrogens with zero attached hydrogens (tertiary/aromatic N) is 1. The highest BCUT2D eigenvalue weighted by Crippen LogP contribution is 2.28. The van der Waals surface area contributed by atoms with Crippen LogP contribution in [-0.4, -0.2) is 17.0 Å². The summed E-state index contributed by atoms with van der Waals surface area (Å²) >= 11 is 1.32. The van der Waals surface area contributed by atoms with Crippen molar-refractivity contribution < 1.29 is 9.72 Å². The third-order valence-electron chi connectivity index (χ3n) is 2.89. The standard InChI is InChI=1S/C16H13NO3S/c1-21-16-10-8-12(11-14(16)17(19)20)7-9-15(18)13-5-3-2-4-6-13/h2-11H,1H3. The van der Waals surface area contributed by atoms with Gasteiger partial charge in [-0.3, -0.25) is 14.9 Å². The number of hydrogen-bond donors (Lipinski definition) is 0. The van der Waals surface area contributed by atoms with Gasteiger partial charge in [0.05, 0.1) is 9.82 Å². The average molecular weight is 299 g/mol. The van der Waals surface area contributed by atoms with Crippen LogP contribution in [0.2, 0.25) is 0 Å². The summed E-state index contributed by atoms with van der Waals surface area (Å²) in [6, 6.07) is 13.8. The Morgan fingerprint density at radius 2 is 1.90 bits per heavy atom. The van der Waals surface area contributed by atoms with Crippen LogP contribution in [0.4, 0.5) is 5.69 Å². The van der Waals surface area contributed by atoms with Gasteiger partial charge in [-0.2, -0.15) is 0 Å². The van der Waals surface area contributed by atoms with Crippen LogP contribution in [0.1, 0.15) is 15.9 Å². The summed E-state index contributed by atoms with van der Waals surface area (Å²) in [5.41, 5.74) is 1.27. The molecule has 106 valence electrons. The van der Waals surface area contributed by atoms with Gasteiger partial charge < -0.3 is 0 Å². The molecule has 0 saturated heterocycles. The molecule has 0 aliphatic carbocycles. The molecule has 21 heavy (non-hydrogen) atoms. The lowest BCUT2D eigenvalue weighted by Crippen LogP contribution is -1.93. The Bertz CT molecular complexity index is 696. The molecular formula is C16H13NO3S. The van der Waals surface area contributed by atoms with Gasteiger partial charge in [-0.15, -0.1) is 11.8 Å². The summed E-state index contributed by atoms with van der Waals surface area (Å²) in [6.07, 6.45) is 4.80. The summed E-state index contributed by atoms with van der Waals surface area (Å²) in [5, 5.41) is 11.0. The van der Waals surface area contributed by atoms with E-state index in [-0.39, 0.29) is 11.5 Å². The third-order valence-corrected chi connectivity index (χ3v) is 3.67. The van der Waals surface area contributed by atoms with Crippen molar-refractivity contribution in [1.29, 1.82) is 0 Å². The van der Waals surface area contributed by atoms with Gasteiger partial charge in [0.2, 0.25) is 0 Å². The number of carbonyl (C=O) groups excluding carboxylic acids is 1. The van der Waals surface area contributed by atoms with E-state index >= 15 is 0 Å². The lowest BCUT2D eigenvalue weighted by molar-refractivity contribution is -0.387. The highest BCUT2D eigenvalue weighted by molar-refractivity contribution is 7.98. The van der Waals surface area contributed by atoms with Crippen molar-refractivity contribution in [1.82, 2.24) is 0 Å². The first-order valence-electron chi connectivity index (χ1n) is 6.21. The molecule has 0 radical (unpaired) electrons. The van der Waals surface area contributed by atoms with Crippen molar-refractivity contribution in [3.8, 4) is 0 Å². The Balaban J connectivity index is 2.24. The molecule has 0 heterocycles. The molecule has 5 heteroatoms. The number of nitro benzene ring substituents is 1. The lowest BCUT2D eigenvalue weighted by atomic mass is 10.1. The van der Waals surface area contributed by atoms with Crippen molar-refractivity contribution in [2.75, 3.05) is 6.26 Å². The highest BCUT2D eigenvalue weighted by Gasteiger charge is 2.12. The molecule has 2 aromatic rings. The van der Waals surface area contributed by atoms with Crippen molar-refractivity contribution in [2.24, 2.45) is 0 Å². The van der Waals surface area contributed by atoms with E-state index in [9.17, 15) is 14.9 Å². The van der Waals surface area contributed by atoms with Crippen molar-refractivity contribution >= 4 is 29.3 Å². The second-order valence-corrected chi connectivity index (χ2v) is 5.10. The molecule has 0 aromatic heterocycles. The minimum atomic E-state index is -0.414. The summed E-state index contributed by atoms with van der Waals surface area (Å²) in [6.45, 7) is 0. The van der Waals surface area contributed by atoms with Crippen molar-refractivity contribution in [2.45, 2.75) is 4.90 Å². The molecule has 0 spiro atoms. The number of hydrogen-bond acceptors (Lipinski definition) is 4. The normalized spacial score (nSPS) is 10.7. The first-order valence-corrected chi connectivity index (χ1v) is 7.44. The molecule has 0 saturated carbocycles. The fraction of sp³-hybridized carbons (Fsp3) is 0.0625. The molecule has 0 aliphatic heterocycles. The van der Waals surface area contributed by atoms with Gasteiger partial charge in [0.25, 0.3) is 5.69 Å². The Labute approximate surface area is 126 Å². The maximum absolute atomic E-state index is 11.9. The molecule has 0 bridgehead atoms. The minimum absolute atomic E-state index is 0.0526. The van der Waals surface area contributed by atoms with E-state index in [1.165, 1.54) is 23.9 Å². The number of allylic oxidation sites excluding steroid dienone is 1. The molecule has 0 amide bonds. The Morgan fingerprint density at radius 1 is 1.19 bits per heavy atom. The lowest BCUT2D eigenvalue weighted by Gasteiger charge is -2.00. The molecule has 0 aliphatic rings. The summed E-state index contributed by atoms with van der Waals surface area (Å²) in [7, 11) is 0. The molecule has 4 nitrogen and oxygen atoms in total. The predicted octanol–water partition coefficient (Wildman–Crippen LogP) is 4.21. The Hall–Kier alpha value is -2.40. The topological polar surface area (TPSA) is 60.2 Å². The van der Waals surface area contributed by atoms with Gasteiger partial charge in [-0.05, 0) is 24.0 Å². The van der Waals surface area contributed by atoms with Gasteiger partial charge in [-0.1, -0.05) is 42.5 Å². The van der Waals surface area contributed by atoms with E-state index in [1.54, 1.807) is 48.7 Å². The zero-order valence-electron chi connectivity index (χ0n) is 11.4. The van der Waals surface area contributed by atoms with Crippen LogP contribution in [0, 0.1) is 10.1 Å². The van der Waals surface area contributed by atoms with Gasteiger partial charge >= 0.3 is 0 Å². The SMILES string of the molecule is CSc1ccc(C=CC(=O)c2ccccc2)cc1[N+](=O)[O-]. The van der Waals surface area contributed by atoms with E-state index in [0.29, 0.717) is 16.0 Å². The molecule has 0 N–H and O–H groups in total. The number of nitro groups is 1. The summed E-state index contributed by atoms with van der Waals surface area (Å²) in [5.74, 6) is -0.132. The van der Waals surface area contributed by atoms with Gasteiger partial charge in [0, 0.05) is 11.6 Å². The zero-order chi connectivity index (χ0) is 15.2. The van der Waals surface area contributed by atoms with Crippen LogP contribution in [0.3, 0.4) is 0 Å². The Kier molecular flexibility index (Phi) is 4.90. The summed E-state index contributed by atoms with van der Waals surface area (Å²) < 4.78 is 0. The van der Waals surface area contributed by atoms with Crippen LogP contribution in [0.25, 0.3) is 6.08 Å². The highest BCUT2D eigenvalue weighted by atomic mass is 32.2. The van der Waals surface area contributed by atoms with Crippen LogP contribution in [0.15, 0.2) is 59.5 Å². The fourth-order valence-electron chi connectivity index (χ4n) is 1.82.